The largest absolute Gasteiger partial charge is 0.493 e. The summed E-state index contributed by atoms with van der Waals surface area (Å²) >= 11 is 3.58. The molecule has 14 heavy (non-hydrogen) atoms. The summed E-state index contributed by atoms with van der Waals surface area (Å²) < 4.78 is 6.83. The molecule has 0 saturated carbocycles. The molecule has 1 aliphatic heterocycles. The van der Waals surface area contributed by atoms with Crippen LogP contribution in [-0.4, -0.2) is 13.7 Å². The SMILES string of the molecule is CNC1CCOc2c(C)ccc(Br)c21. The van der Waals surface area contributed by atoms with Crippen LogP contribution in [0.25, 0.3) is 0 Å². The number of hydrogen-bond acceptors (Lipinski definition) is 2. The van der Waals surface area contributed by atoms with Crippen LogP contribution < -0.4 is 10.1 Å². The van der Waals surface area contributed by atoms with Gasteiger partial charge in [-0.25, -0.2) is 0 Å². The number of rotatable bonds is 1. The average Bonchev–Trinajstić information content (AvgIpc) is 2.23. The number of ether oxygens (including phenoxy) is 1. The number of benzene rings is 1. The lowest BCUT2D eigenvalue weighted by Crippen LogP contribution is -2.24. The van der Waals surface area contributed by atoms with Gasteiger partial charge >= 0.3 is 0 Å². The lowest BCUT2D eigenvalue weighted by molar-refractivity contribution is 0.255. The number of fused-ring (bicyclic) bond motifs is 1. The first-order chi connectivity index (χ1) is 6.74. The molecule has 1 atom stereocenters. The van der Waals surface area contributed by atoms with Gasteiger partial charge < -0.3 is 10.1 Å². The van der Waals surface area contributed by atoms with Crippen LogP contribution >= 0.6 is 15.9 Å². The van der Waals surface area contributed by atoms with E-state index in [0.29, 0.717) is 6.04 Å². The summed E-state index contributed by atoms with van der Waals surface area (Å²) in [6.07, 6.45) is 1.03. The summed E-state index contributed by atoms with van der Waals surface area (Å²) in [5.41, 5.74) is 2.47. The predicted molar refractivity (Wildman–Crippen MR) is 60.8 cm³/mol. The number of hydrogen-bond donors (Lipinski definition) is 1. The molecule has 0 bridgehead atoms. The van der Waals surface area contributed by atoms with Crippen LogP contribution in [0.2, 0.25) is 0 Å². The molecular formula is C11H14BrNO. The van der Waals surface area contributed by atoms with E-state index < -0.39 is 0 Å². The maximum Gasteiger partial charge on any atom is 0.128 e. The molecule has 1 aromatic carbocycles. The summed E-state index contributed by atoms with van der Waals surface area (Å²) in [4.78, 5) is 0. The Bertz CT molecular complexity index is 351. The van der Waals surface area contributed by atoms with E-state index in [9.17, 15) is 0 Å². The Balaban J connectivity index is 2.55. The van der Waals surface area contributed by atoms with E-state index in [2.05, 4.69) is 40.3 Å². The van der Waals surface area contributed by atoms with Crippen molar-refractivity contribution in [3.05, 3.63) is 27.7 Å². The third kappa shape index (κ3) is 1.55. The summed E-state index contributed by atoms with van der Waals surface area (Å²) in [5.74, 6) is 1.05. The Hall–Kier alpha value is -0.540. The van der Waals surface area contributed by atoms with Crippen molar-refractivity contribution in [2.45, 2.75) is 19.4 Å². The van der Waals surface area contributed by atoms with Crippen LogP contribution in [0.15, 0.2) is 16.6 Å². The van der Waals surface area contributed by atoms with Gasteiger partial charge in [0.1, 0.15) is 5.75 Å². The highest BCUT2D eigenvalue weighted by atomic mass is 79.9. The van der Waals surface area contributed by atoms with E-state index in [-0.39, 0.29) is 0 Å². The second-order valence-electron chi connectivity index (χ2n) is 3.59. The Labute approximate surface area is 92.8 Å². The highest BCUT2D eigenvalue weighted by molar-refractivity contribution is 9.10. The van der Waals surface area contributed by atoms with Gasteiger partial charge in [0.05, 0.1) is 6.61 Å². The van der Waals surface area contributed by atoms with Crippen molar-refractivity contribution in [1.82, 2.24) is 5.32 Å². The van der Waals surface area contributed by atoms with Crippen molar-refractivity contribution in [3.63, 3.8) is 0 Å². The topological polar surface area (TPSA) is 21.3 Å². The first-order valence-electron chi connectivity index (χ1n) is 4.83. The van der Waals surface area contributed by atoms with E-state index in [4.69, 9.17) is 4.74 Å². The van der Waals surface area contributed by atoms with Crippen molar-refractivity contribution in [3.8, 4) is 5.75 Å². The maximum absolute atomic E-state index is 5.70. The molecule has 0 amide bonds. The molecule has 1 aromatic rings. The number of aryl methyl sites for hydroxylation is 1. The molecule has 1 unspecified atom stereocenters. The lowest BCUT2D eigenvalue weighted by atomic mass is 9.98. The quantitative estimate of drug-likeness (QED) is 0.834. The zero-order chi connectivity index (χ0) is 10.1. The van der Waals surface area contributed by atoms with Crippen LogP contribution in [0, 0.1) is 6.92 Å². The van der Waals surface area contributed by atoms with Crippen molar-refractivity contribution in [2.24, 2.45) is 0 Å². The number of halogens is 1. The molecule has 0 aliphatic carbocycles. The third-order valence-corrected chi connectivity index (χ3v) is 3.38. The Morgan fingerprint density at radius 3 is 3.00 bits per heavy atom. The van der Waals surface area contributed by atoms with Crippen LogP contribution in [0.1, 0.15) is 23.6 Å². The molecule has 2 rings (SSSR count). The fourth-order valence-corrected chi connectivity index (χ4v) is 2.50. The van der Waals surface area contributed by atoms with Gasteiger partial charge in [0.2, 0.25) is 0 Å². The van der Waals surface area contributed by atoms with Crippen molar-refractivity contribution in [1.29, 1.82) is 0 Å². The van der Waals surface area contributed by atoms with Crippen molar-refractivity contribution >= 4 is 15.9 Å². The zero-order valence-corrected chi connectivity index (χ0v) is 10.0. The Morgan fingerprint density at radius 2 is 2.29 bits per heavy atom. The highest BCUT2D eigenvalue weighted by Gasteiger charge is 2.23. The fourth-order valence-electron chi connectivity index (χ4n) is 1.91. The molecule has 1 aliphatic rings. The van der Waals surface area contributed by atoms with E-state index in [1.807, 2.05) is 7.05 Å². The Kier molecular flexibility index (Phi) is 2.79. The normalized spacial score (nSPS) is 20.1. The van der Waals surface area contributed by atoms with Crippen LogP contribution in [-0.2, 0) is 0 Å². The zero-order valence-electron chi connectivity index (χ0n) is 8.43. The molecule has 0 aromatic heterocycles. The molecule has 0 radical (unpaired) electrons. The van der Waals surface area contributed by atoms with Gasteiger partial charge in [-0.2, -0.15) is 0 Å². The summed E-state index contributed by atoms with van der Waals surface area (Å²) in [5, 5.41) is 3.32. The van der Waals surface area contributed by atoms with Gasteiger partial charge in [0.25, 0.3) is 0 Å². The van der Waals surface area contributed by atoms with Crippen molar-refractivity contribution in [2.75, 3.05) is 13.7 Å². The first kappa shape index (κ1) is 9.99. The standard InChI is InChI=1S/C11H14BrNO/c1-7-3-4-8(12)10-9(13-2)5-6-14-11(7)10/h3-4,9,13H,5-6H2,1-2H3. The van der Waals surface area contributed by atoms with Crippen molar-refractivity contribution < 1.29 is 4.74 Å². The minimum atomic E-state index is 0.410. The first-order valence-corrected chi connectivity index (χ1v) is 5.62. The van der Waals surface area contributed by atoms with Gasteiger partial charge in [-0.15, -0.1) is 0 Å². The van der Waals surface area contributed by atoms with Crippen LogP contribution in [0.4, 0.5) is 0 Å². The molecule has 1 heterocycles. The van der Waals surface area contributed by atoms with E-state index >= 15 is 0 Å². The molecular weight excluding hydrogens is 242 g/mol. The molecule has 0 spiro atoms. The molecule has 2 nitrogen and oxygen atoms in total. The van der Waals surface area contributed by atoms with E-state index in [0.717, 1.165) is 23.2 Å². The summed E-state index contributed by atoms with van der Waals surface area (Å²) in [6.45, 7) is 2.89. The highest BCUT2D eigenvalue weighted by Crippen LogP contribution is 2.39. The van der Waals surface area contributed by atoms with E-state index in [1.54, 1.807) is 0 Å². The summed E-state index contributed by atoms with van der Waals surface area (Å²) in [6, 6.07) is 4.58. The summed E-state index contributed by atoms with van der Waals surface area (Å²) in [7, 11) is 1.99. The third-order valence-electron chi connectivity index (χ3n) is 2.69. The molecule has 0 fully saturated rings. The molecule has 76 valence electrons. The minimum absolute atomic E-state index is 0.410. The fraction of sp³-hybridized carbons (Fsp3) is 0.455. The van der Waals surface area contributed by atoms with Crippen LogP contribution in [0.3, 0.4) is 0 Å². The minimum Gasteiger partial charge on any atom is -0.493 e. The van der Waals surface area contributed by atoms with Gasteiger partial charge in [0.15, 0.2) is 0 Å². The Morgan fingerprint density at radius 1 is 1.50 bits per heavy atom. The lowest BCUT2D eigenvalue weighted by Gasteiger charge is -2.27. The molecule has 3 heteroatoms. The van der Waals surface area contributed by atoms with Gasteiger partial charge in [-0.05, 0) is 25.6 Å². The predicted octanol–water partition coefficient (Wildman–Crippen LogP) is 2.80. The molecule has 1 N–H and O–H groups in total. The van der Waals surface area contributed by atoms with Gasteiger partial charge in [-0.3, -0.25) is 0 Å². The average molecular weight is 256 g/mol. The second kappa shape index (κ2) is 3.91. The maximum atomic E-state index is 5.70. The van der Waals surface area contributed by atoms with Gasteiger partial charge in [-0.1, -0.05) is 22.0 Å². The van der Waals surface area contributed by atoms with E-state index in [1.165, 1.54) is 11.1 Å². The number of nitrogens with one attached hydrogen (secondary N) is 1. The van der Waals surface area contributed by atoms with Crippen LogP contribution in [0.5, 0.6) is 5.75 Å². The molecule has 0 saturated heterocycles. The smallest absolute Gasteiger partial charge is 0.128 e. The second-order valence-corrected chi connectivity index (χ2v) is 4.44. The monoisotopic (exact) mass is 255 g/mol. The van der Waals surface area contributed by atoms with Gasteiger partial charge in [0, 0.05) is 22.5 Å².